The van der Waals surface area contributed by atoms with Gasteiger partial charge < -0.3 is 10.2 Å². The number of nitrogens with one attached hydrogen (secondary N) is 1. The largest absolute Gasteiger partial charge is 0.370 e. The van der Waals surface area contributed by atoms with Gasteiger partial charge in [-0.25, -0.2) is 9.97 Å². The lowest BCUT2D eigenvalue weighted by atomic mass is 10.1. The van der Waals surface area contributed by atoms with Gasteiger partial charge in [0.1, 0.15) is 18.0 Å². The minimum absolute atomic E-state index is 0.843. The molecule has 2 rings (SSSR count). The third kappa shape index (κ3) is 3.44. The Morgan fingerprint density at radius 1 is 1.21 bits per heavy atom. The summed E-state index contributed by atoms with van der Waals surface area (Å²) in [6.45, 7) is 5.89. The van der Waals surface area contributed by atoms with Crippen molar-refractivity contribution in [1.82, 2.24) is 9.97 Å². The summed E-state index contributed by atoms with van der Waals surface area (Å²) in [5.74, 6) is 1.79. The number of hydrogen-bond acceptors (Lipinski definition) is 4. The monoisotopic (exact) mass is 256 g/mol. The summed E-state index contributed by atoms with van der Waals surface area (Å²) in [5.41, 5.74) is 2.61. The normalized spacial score (nSPS) is 10.3. The Kier molecular flexibility index (Phi) is 4.34. The first-order valence-corrected chi connectivity index (χ1v) is 6.52. The molecule has 2 aromatic rings. The Labute approximate surface area is 114 Å². The smallest absolute Gasteiger partial charge is 0.134 e. The van der Waals surface area contributed by atoms with E-state index in [1.54, 1.807) is 6.33 Å². The van der Waals surface area contributed by atoms with E-state index in [0.717, 1.165) is 24.7 Å². The summed E-state index contributed by atoms with van der Waals surface area (Å²) in [4.78, 5) is 10.6. The van der Waals surface area contributed by atoms with Crippen molar-refractivity contribution >= 4 is 11.6 Å². The molecule has 0 atom stereocenters. The van der Waals surface area contributed by atoms with Gasteiger partial charge in [0.2, 0.25) is 0 Å². The SMILES string of the molecule is CCNc1cc(N(C)Cc2ccccc2C)ncn1. The molecule has 0 aliphatic carbocycles. The number of aryl methyl sites for hydroxylation is 1. The van der Waals surface area contributed by atoms with E-state index in [4.69, 9.17) is 0 Å². The zero-order valence-corrected chi connectivity index (χ0v) is 11.7. The van der Waals surface area contributed by atoms with Crippen molar-refractivity contribution in [2.75, 3.05) is 23.8 Å². The maximum Gasteiger partial charge on any atom is 0.134 e. The van der Waals surface area contributed by atoms with Crippen LogP contribution in [0.2, 0.25) is 0 Å². The highest BCUT2D eigenvalue weighted by Gasteiger charge is 2.06. The molecule has 4 nitrogen and oxygen atoms in total. The number of benzene rings is 1. The standard InChI is InChI=1S/C15H20N4/c1-4-16-14-9-15(18-11-17-14)19(3)10-13-8-6-5-7-12(13)2/h5-9,11H,4,10H2,1-3H3,(H,16,17,18). The molecule has 0 radical (unpaired) electrons. The van der Waals surface area contributed by atoms with Gasteiger partial charge in [0.25, 0.3) is 0 Å². The molecule has 100 valence electrons. The van der Waals surface area contributed by atoms with Crippen molar-refractivity contribution in [3.8, 4) is 0 Å². The first-order valence-electron chi connectivity index (χ1n) is 6.52. The predicted octanol–water partition coefficient (Wildman–Crippen LogP) is 2.85. The topological polar surface area (TPSA) is 41.0 Å². The minimum Gasteiger partial charge on any atom is -0.370 e. The first-order chi connectivity index (χ1) is 9.20. The van der Waals surface area contributed by atoms with E-state index >= 15 is 0 Å². The molecule has 0 amide bonds. The van der Waals surface area contributed by atoms with Crippen molar-refractivity contribution in [3.05, 3.63) is 47.8 Å². The highest BCUT2D eigenvalue weighted by Crippen LogP contribution is 2.16. The van der Waals surface area contributed by atoms with Crippen molar-refractivity contribution < 1.29 is 0 Å². The van der Waals surface area contributed by atoms with Gasteiger partial charge in [-0.3, -0.25) is 0 Å². The van der Waals surface area contributed by atoms with E-state index in [1.807, 2.05) is 13.1 Å². The molecule has 1 heterocycles. The van der Waals surface area contributed by atoms with Gasteiger partial charge >= 0.3 is 0 Å². The maximum atomic E-state index is 4.32. The maximum absolute atomic E-state index is 4.32. The second-order valence-corrected chi connectivity index (χ2v) is 4.57. The van der Waals surface area contributed by atoms with Crippen LogP contribution in [-0.4, -0.2) is 23.6 Å². The van der Waals surface area contributed by atoms with Crippen LogP contribution in [0.15, 0.2) is 36.7 Å². The molecule has 0 aliphatic rings. The van der Waals surface area contributed by atoms with Gasteiger partial charge in [-0.15, -0.1) is 0 Å². The van der Waals surface area contributed by atoms with Gasteiger partial charge in [0, 0.05) is 26.2 Å². The highest BCUT2D eigenvalue weighted by molar-refractivity contribution is 5.48. The third-order valence-electron chi connectivity index (χ3n) is 3.07. The molecule has 0 saturated carbocycles. The fraction of sp³-hybridized carbons (Fsp3) is 0.333. The van der Waals surface area contributed by atoms with Gasteiger partial charge in [-0.1, -0.05) is 24.3 Å². The Hall–Kier alpha value is -2.10. The number of hydrogen-bond donors (Lipinski definition) is 1. The average Bonchev–Trinajstić information content (AvgIpc) is 2.42. The zero-order chi connectivity index (χ0) is 13.7. The molecule has 1 aromatic carbocycles. The number of rotatable bonds is 5. The van der Waals surface area contributed by atoms with E-state index in [0.29, 0.717) is 0 Å². The van der Waals surface area contributed by atoms with E-state index in [1.165, 1.54) is 11.1 Å². The lowest BCUT2D eigenvalue weighted by Crippen LogP contribution is -2.18. The Morgan fingerprint density at radius 2 is 2.00 bits per heavy atom. The lowest BCUT2D eigenvalue weighted by molar-refractivity contribution is 0.884. The molecule has 1 N–H and O–H groups in total. The molecule has 19 heavy (non-hydrogen) atoms. The molecule has 0 unspecified atom stereocenters. The zero-order valence-electron chi connectivity index (χ0n) is 11.7. The summed E-state index contributed by atoms with van der Waals surface area (Å²) in [6, 6.07) is 10.4. The van der Waals surface area contributed by atoms with Crippen LogP contribution >= 0.6 is 0 Å². The summed E-state index contributed by atoms with van der Waals surface area (Å²) in [5, 5.41) is 3.20. The average molecular weight is 256 g/mol. The molecule has 0 fully saturated rings. The quantitative estimate of drug-likeness (QED) is 0.893. The van der Waals surface area contributed by atoms with Gasteiger partial charge in [0.15, 0.2) is 0 Å². The van der Waals surface area contributed by atoms with Crippen molar-refractivity contribution in [2.45, 2.75) is 20.4 Å². The molecule has 0 saturated heterocycles. The van der Waals surface area contributed by atoms with E-state index < -0.39 is 0 Å². The van der Waals surface area contributed by atoms with Crippen LogP contribution in [0.25, 0.3) is 0 Å². The number of aromatic nitrogens is 2. The predicted molar refractivity (Wildman–Crippen MR) is 79.5 cm³/mol. The second kappa shape index (κ2) is 6.18. The minimum atomic E-state index is 0.843. The van der Waals surface area contributed by atoms with Crippen LogP contribution in [0.5, 0.6) is 0 Å². The van der Waals surface area contributed by atoms with Crippen molar-refractivity contribution in [2.24, 2.45) is 0 Å². The molecular weight excluding hydrogens is 236 g/mol. The van der Waals surface area contributed by atoms with Crippen LogP contribution in [0.1, 0.15) is 18.1 Å². The summed E-state index contributed by atoms with van der Waals surface area (Å²) < 4.78 is 0. The van der Waals surface area contributed by atoms with E-state index in [-0.39, 0.29) is 0 Å². The summed E-state index contributed by atoms with van der Waals surface area (Å²) in [6.07, 6.45) is 1.60. The number of anilines is 2. The number of nitrogens with zero attached hydrogens (tertiary/aromatic N) is 3. The van der Waals surface area contributed by atoms with Gasteiger partial charge in [0.05, 0.1) is 0 Å². The lowest BCUT2D eigenvalue weighted by Gasteiger charge is -2.19. The Morgan fingerprint density at radius 3 is 2.74 bits per heavy atom. The van der Waals surface area contributed by atoms with E-state index in [9.17, 15) is 0 Å². The molecule has 1 aromatic heterocycles. The fourth-order valence-corrected chi connectivity index (χ4v) is 1.96. The second-order valence-electron chi connectivity index (χ2n) is 4.57. The molecule has 0 bridgehead atoms. The summed E-state index contributed by atoms with van der Waals surface area (Å²) >= 11 is 0. The van der Waals surface area contributed by atoms with Crippen LogP contribution < -0.4 is 10.2 Å². The van der Waals surface area contributed by atoms with Gasteiger partial charge in [-0.2, -0.15) is 0 Å². The molecule has 0 aliphatic heterocycles. The summed E-state index contributed by atoms with van der Waals surface area (Å²) in [7, 11) is 2.05. The Balaban J connectivity index is 2.13. The Bertz CT molecular complexity index is 539. The molecule has 0 spiro atoms. The van der Waals surface area contributed by atoms with Crippen LogP contribution in [0.3, 0.4) is 0 Å². The first kappa shape index (κ1) is 13.3. The fourth-order valence-electron chi connectivity index (χ4n) is 1.96. The van der Waals surface area contributed by atoms with Crippen LogP contribution in [-0.2, 0) is 6.54 Å². The van der Waals surface area contributed by atoms with Gasteiger partial charge in [-0.05, 0) is 25.0 Å². The molecular formula is C15H20N4. The molecule has 4 heteroatoms. The highest BCUT2D eigenvalue weighted by atomic mass is 15.2. The van der Waals surface area contributed by atoms with E-state index in [2.05, 4.69) is 58.3 Å². The van der Waals surface area contributed by atoms with Crippen LogP contribution in [0.4, 0.5) is 11.6 Å². The van der Waals surface area contributed by atoms with Crippen LogP contribution in [0, 0.1) is 6.92 Å². The van der Waals surface area contributed by atoms with Crippen molar-refractivity contribution in [3.63, 3.8) is 0 Å². The van der Waals surface area contributed by atoms with Crippen molar-refractivity contribution in [1.29, 1.82) is 0 Å². The third-order valence-corrected chi connectivity index (χ3v) is 3.07.